The highest BCUT2D eigenvalue weighted by Gasteiger charge is 2.22. The predicted molar refractivity (Wildman–Crippen MR) is 133 cm³/mol. The molecule has 34 heavy (non-hydrogen) atoms. The maximum atomic E-state index is 13.2. The van der Waals surface area contributed by atoms with Crippen molar-refractivity contribution in [2.75, 3.05) is 12.4 Å². The molecule has 1 saturated heterocycles. The van der Waals surface area contributed by atoms with Gasteiger partial charge in [-0.05, 0) is 51.3 Å². The summed E-state index contributed by atoms with van der Waals surface area (Å²) < 4.78 is 11.5. The van der Waals surface area contributed by atoms with Crippen LogP contribution in [-0.4, -0.2) is 48.0 Å². The second-order valence-electron chi connectivity index (χ2n) is 8.83. The number of aryl methyl sites for hydroxylation is 2. The second-order valence-corrected chi connectivity index (χ2v) is 9.78. The van der Waals surface area contributed by atoms with E-state index in [1.807, 2.05) is 55.5 Å². The van der Waals surface area contributed by atoms with Gasteiger partial charge in [0.15, 0.2) is 10.9 Å². The second kappa shape index (κ2) is 9.38. The lowest BCUT2D eigenvalue weighted by atomic mass is 10.2. The number of fused-ring (bicyclic) bond motifs is 3. The highest BCUT2D eigenvalue weighted by molar-refractivity contribution is 7.99. The van der Waals surface area contributed by atoms with Gasteiger partial charge in [0.25, 0.3) is 5.56 Å². The van der Waals surface area contributed by atoms with Crippen molar-refractivity contribution >= 4 is 34.2 Å². The zero-order chi connectivity index (χ0) is 23.8. The minimum atomic E-state index is -0.0661. The number of nitrogens with zero attached hydrogens (tertiary/aromatic N) is 5. The lowest BCUT2D eigenvalue weighted by Gasteiger charge is -2.14. The number of benzene rings is 1. The fourth-order valence-corrected chi connectivity index (χ4v) is 5.64. The molecule has 0 N–H and O–H groups in total. The van der Waals surface area contributed by atoms with Crippen molar-refractivity contribution in [2.24, 2.45) is 0 Å². The van der Waals surface area contributed by atoms with Crippen LogP contribution in [0.5, 0.6) is 0 Å². The fourth-order valence-electron chi connectivity index (χ4n) is 4.82. The van der Waals surface area contributed by atoms with Crippen molar-refractivity contribution in [3.05, 3.63) is 57.6 Å². The van der Waals surface area contributed by atoms with E-state index in [0.29, 0.717) is 22.9 Å². The van der Waals surface area contributed by atoms with Crippen LogP contribution in [0.15, 0.2) is 40.3 Å². The van der Waals surface area contributed by atoms with Gasteiger partial charge in [-0.15, -0.1) is 10.2 Å². The molecule has 3 aromatic heterocycles. The summed E-state index contributed by atoms with van der Waals surface area (Å²) in [7, 11) is 0. The number of aromatic nitrogens is 5. The number of thioether (sulfide) groups is 1. The third-order valence-electron chi connectivity index (χ3n) is 6.54. The molecular formula is C25H29N5O3S. The zero-order valence-electron chi connectivity index (χ0n) is 19.8. The maximum absolute atomic E-state index is 13.2. The molecular weight excluding hydrogens is 450 g/mol. The monoisotopic (exact) mass is 479 g/mol. The van der Waals surface area contributed by atoms with Crippen LogP contribution < -0.4 is 5.56 Å². The summed E-state index contributed by atoms with van der Waals surface area (Å²) in [4.78, 5) is 26.2. The van der Waals surface area contributed by atoms with Crippen molar-refractivity contribution in [1.29, 1.82) is 0 Å². The van der Waals surface area contributed by atoms with Gasteiger partial charge in [0, 0.05) is 36.6 Å². The predicted octanol–water partition coefficient (Wildman–Crippen LogP) is 4.03. The van der Waals surface area contributed by atoms with Crippen LogP contribution >= 0.6 is 11.8 Å². The molecule has 5 rings (SSSR count). The highest BCUT2D eigenvalue weighted by Crippen LogP contribution is 2.25. The molecule has 1 aliphatic rings. The van der Waals surface area contributed by atoms with E-state index in [-0.39, 0.29) is 23.2 Å². The maximum Gasteiger partial charge on any atom is 0.262 e. The van der Waals surface area contributed by atoms with Crippen molar-refractivity contribution in [1.82, 2.24) is 23.7 Å². The molecule has 9 heteroatoms. The first-order valence-corrected chi connectivity index (χ1v) is 12.8. The lowest BCUT2D eigenvalue weighted by Crippen LogP contribution is -2.23. The van der Waals surface area contributed by atoms with Crippen LogP contribution in [-0.2, 0) is 17.8 Å². The van der Waals surface area contributed by atoms with E-state index in [2.05, 4.69) is 14.8 Å². The minimum absolute atomic E-state index is 0.0552. The Morgan fingerprint density at radius 3 is 2.79 bits per heavy atom. The SMILES string of the molecule is CCCn1c(=O)c2ccccc2n2c(SCC(=O)c3cc(C)n(C[C@H]4CCCO4)c3C)nnc12. The molecule has 8 nitrogen and oxygen atoms in total. The number of ether oxygens (including phenoxy) is 1. The fraction of sp³-hybridized carbons (Fsp3) is 0.440. The quantitative estimate of drug-likeness (QED) is 0.280. The summed E-state index contributed by atoms with van der Waals surface area (Å²) in [6.45, 7) is 8.23. The number of rotatable bonds is 8. The van der Waals surface area contributed by atoms with Gasteiger partial charge in [0.05, 0.1) is 22.8 Å². The molecule has 0 bridgehead atoms. The zero-order valence-corrected chi connectivity index (χ0v) is 20.6. The van der Waals surface area contributed by atoms with Gasteiger partial charge in [-0.3, -0.25) is 18.6 Å². The van der Waals surface area contributed by atoms with Gasteiger partial charge in [-0.1, -0.05) is 30.8 Å². The number of para-hydroxylation sites is 1. The van der Waals surface area contributed by atoms with E-state index in [0.717, 1.165) is 54.9 Å². The largest absolute Gasteiger partial charge is 0.376 e. The Morgan fingerprint density at radius 1 is 1.21 bits per heavy atom. The third-order valence-corrected chi connectivity index (χ3v) is 7.47. The minimum Gasteiger partial charge on any atom is -0.376 e. The molecule has 1 aromatic carbocycles. The van der Waals surface area contributed by atoms with Crippen LogP contribution in [0.4, 0.5) is 0 Å². The topological polar surface area (TPSA) is 83.4 Å². The number of ketones is 1. The summed E-state index contributed by atoms with van der Waals surface area (Å²) in [5.74, 6) is 0.807. The van der Waals surface area contributed by atoms with Gasteiger partial charge in [-0.2, -0.15) is 0 Å². The van der Waals surface area contributed by atoms with E-state index >= 15 is 0 Å². The normalized spacial score (nSPS) is 16.1. The van der Waals surface area contributed by atoms with E-state index in [9.17, 15) is 9.59 Å². The molecule has 1 atom stereocenters. The Labute approximate surface area is 201 Å². The van der Waals surface area contributed by atoms with Gasteiger partial charge in [0.2, 0.25) is 5.78 Å². The molecule has 0 unspecified atom stereocenters. The molecule has 0 saturated carbocycles. The molecule has 1 fully saturated rings. The molecule has 1 aliphatic heterocycles. The standard InChI is InChI=1S/C25H29N5O3S/c1-4-11-28-23(32)19-9-5-6-10-21(19)30-24(28)26-27-25(30)34-15-22(31)20-13-16(2)29(17(20)3)14-18-8-7-12-33-18/h5-6,9-10,13,18H,4,7-8,11-12,14-15H2,1-3H3/t18-/m1/s1. The Hall–Kier alpha value is -2.91. The molecule has 178 valence electrons. The van der Waals surface area contributed by atoms with Crippen LogP contribution in [0.2, 0.25) is 0 Å². The van der Waals surface area contributed by atoms with Crippen LogP contribution in [0.3, 0.4) is 0 Å². The summed E-state index contributed by atoms with van der Waals surface area (Å²) >= 11 is 1.35. The summed E-state index contributed by atoms with van der Waals surface area (Å²) in [5, 5.41) is 9.90. The van der Waals surface area contributed by atoms with E-state index in [1.54, 1.807) is 4.57 Å². The molecule has 0 radical (unpaired) electrons. The number of hydrogen-bond donors (Lipinski definition) is 0. The van der Waals surface area contributed by atoms with Crippen molar-refractivity contribution in [2.45, 2.75) is 64.4 Å². The number of Topliss-reactive ketones (excluding diaryl/α,β-unsaturated/α-hetero) is 1. The number of hydrogen-bond acceptors (Lipinski definition) is 6. The van der Waals surface area contributed by atoms with Gasteiger partial charge in [-0.25, -0.2) is 0 Å². The van der Waals surface area contributed by atoms with Crippen LogP contribution in [0, 0.1) is 13.8 Å². The van der Waals surface area contributed by atoms with Crippen LogP contribution in [0.1, 0.15) is 47.9 Å². The summed E-state index contributed by atoms with van der Waals surface area (Å²) in [6, 6.07) is 9.45. The van der Waals surface area contributed by atoms with E-state index in [4.69, 9.17) is 4.74 Å². The van der Waals surface area contributed by atoms with Gasteiger partial charge in [0.1, 0.15) is 0 Å². The smallest absolute Gasteiger partial charge is 0.262 e. The third kappa shape index (κ3) is 3.96. The molecule has 0 amide bonds. The Kier molecular flexibility index (Phi) is 6.31. The van der Waals surface area contributed by atoms with Gasteiger partial charge >= 0.3 is 0 Å². The number of carbonyl (C=O) groups excluding carboxylic acids is 1. The molecule has 0 spiro atoms. The Morgan fingerprint density at radius 2 is 2.03 bits per heavy atom. The average molecular weight is 480 g/mol. The first-order valence-electron chi connectivity index (χ1n) is 11.8. The summed E-state index contributed by atoms with van der Waals surface area (Å²) in [5.41, 5.74) is 3.48. The van der Waals surface area contributed by atoms with Crippen LogP contribution in [0.25, 0.3) is 16.7 Å². The van der Waals surface area contributed by atoms with Crippen molar-refractivity contribution in [3.63, 3.8) is 0 Å². The average Bonchev–Trinajstić information content (AvgIpc) is 3.57. The molecule has 0 aliphatic carbocycles. The molecule has 4 heterocycles. The van der Waals surface area contributed by atoms with E-state index in [1.165, 1.54) is 11.8 Å². The summed E-state index contributed by atoms with van der Waals surface area (Å²) in [6.07, 6.45) is 3.19. The highest BCUT2D eigenvalue weighted by atomic mass is 32.2. The lowest BCUT2D eigenvalue weighted by molar-refractivity contribution is 0.0957. The first-order chi connectivity index (χ1) is 16.5. The molecule has 4 aromatic rings. The Bertz CT molecular complexity index is 1430. The first kappa shape index (κ1) is 22.9. The van der Waals surface area contributed by atoms with E-state index < -0.39 is 0 Å². The van der Waals surface area contributed by atoms with Crippen molar-refractivity contribution < 1.29 is 9.53 Å². The van der Waals surface area contributed by atoms with Crippen molar-refractivity contribution in [3.8, 4) is 0 Å². The Balaban J connectivity index is 1.44. The number of carbonyl (C=O) groups is 1. The van der Waals surface area contributed by atoms with Gasteiger partial charge < -0.3 is 9.30 Å².